The number of amidine groups is 5. The minimum Gasteiger partial charge on any atom is -0.342 e. The molecule has 8 heteroatoms. The molecule has 0 unspecified atom stereocenters. The number of rotatable bonds is 0. The average Bonchev–Trinajstić information content (AvgIpc) is 3.32. The lowest BCUT2D eigenvalue weighted by molar-refractivity contribution is 1.15. The molecular weight excluding hydrogens is 417 g/mol. The molecular formula is C16H16IN7. The molecule has 24 heavy (non-hydrogen) atoms. The Balaban J connectivity index is 1.60. The summed E-state index contributed by atoms with van der Waals surface area (Å²) in [7, 11) is 0. The van der Waals surface area contributed by atoms with E-state index in [-0.39, 0.29) is 20.7 Å². The number of nitrogens with one attached hydrogen (secondary N) is 2. The van der Waals surface area contributed by atoms with Gasteiger partial charge in [0.1, 0.15) is 35.0 Å². The molecule has 1 aromatic heterocycles. The van der Waals surface area contributed by atoms with Crippen LogP contribution in [0.2, 0.25) is 0 Å². The first-order valence-corrected chi connectivity index (χ1v) is 10.3. The third-order valence-electron chi connectivity index (χ3n) is 4.14. The smallest absolute Gasteiger partial charge is 0.133 e. The SMILES string of the molecule is c1cc2[nH]c1/N=C1/CCC(=N1)N=C1CCC(=N1)N=C1CCC(=I2)N1. The monoisotopic (exact) mass is 433 g/mol. The molecule has 1 fully saturated rings. The topological polar surface area (TPSA) is 89.6 Å². The largest absolute Gasteiger partial charge is 0.342 e. The van der Waals surface area contributed by atoms with E-state index in [1.807, 2.05) is 6.07 Å². The maximum atomic E-state index is 4.70. The first kappa shape index (κ1) is 14.4. The summed E-state index contributed by atoms with van der Waals surface area (Å²) in [6.07, 6.45) is 5.43. The van der Waals surface area contributed by atoms with Crippen LogP contribution in [-0.4, -0.2) is 37.8 Å². The molecule has 0 aliphatic carbocycles. The molecule has 0 atom stereocenters. The summed E-state index contributed by atoms with van der Waals surface area (Å²) >= 11 is -0.221. The second-order valence-electron chi connectivity index (χ2n) is 5.99. The van der Waals surface area contributed by atoms with Crippen LogP contribution in [0.5, 0.6) is 0 Å². The maximum Gasteiger partial charge on any atom is 0.133 e. The number of halogens is 1. The molecule has 0 aromatic carbocycles. The minimum atomic E-state index is -0.221. The fourth-order valence-electron chi connectivity index (χ4n) is 3.00. The van der Waals surface area contributed by atoms with Gasteiger partial charge in [0.15, 0.2) is 0 Å². The molecule has 122 valence electrons. The lowest BCUT2D eigenvalue weighted by atomic mass is 10.3. The van der Waals surface area contributed by atoms with Gasteiger partial charge in [-0.1, -0.05) is 0 Å². The van der Waals surface area contributed by atoms with Gasteiger partial charge < -0.3 is 10.3 Å². The molecule has 2 N–H and O–H groups in total. The number of aromatic amines is 1. The van der Waals surface area contributed by atoms with Crippen LogP contribution in [-0.2, 0) is 0 Å². The zero-order valence-electron chi connectivity index (χ0n) is 13.0. The van der Waals surface area contributed by atoms with Crippen LogP contribution in [0.3, 0.4) is 0 Å². The van der Waals surface area contributed by atoms with Gasteiger partial charge in [0.2, 0.25) is 0 Å². The average molecular weight is 433 g/mol. The van der Waals surface area contributed by atoms with Crippen LogP contribution in [0.15, 0.2) is 37.1 Å². The fourth-order valence-corrected chi connectivity index (χ4v) is 5.46. The number of H-pyrrole nitrogens is 1. The van der Waals surface area contributed by atoms with Crippen molar-refractivity contribution >= 4 is 59.4 Å². The number of hydrogen-bond acceptors (Lipinski definition) is 6. The van der Waals surface area contributed by atoms with Crippen molar-refractivity contribution in [3.8, 4) is 0 Å². The molecule has 4 aliphatic rings. The van der Waals surface area contributed by atoms with Crippen molar-refractivity contribution in [2.24, 2.45) is 25.0 Å². The highest BCUT2D eigenvalue weighted by atomic mass is 127. The number of hydrogen-bond donors (Lipinski definition) is 2. The van der Waals surface area contributed by atoms with Crippen LogP contribution >= 0.6 is 20.7 Å². The van der Waals surface area contributed by atoms with E-state index in [2.05, 4.69) is 36.3 Å². The lowest BCUT2D eigenvalue weighted by Gasteiger charge is -1.98. The van der Waals surface area contributed by atoms with Gasteiger partial charge in [-0.3, -0.25) is 0 Å². The van der Waals surface area contributed by atoms with Gasteiger partial charge in [-0.25, -0.2) is 25.0 Å². The standard InChI is InChI=1S/C16H16IN7/c1-3-11-18-9(1)17-10-2-4-12(19-10)21-14-6-8-16(23-14)24-15-7-5-13(20-11)22-15/h1,3,18H,2,4-8H2,(H,19,20,21,22,23,24). The molecule has 8 bridgehead atoms. The molecule has 7 nitrogen and oxygen atoms in total. The second kappa shape index (κ2) is 5.83. The zero-order chi connectivity index (χ0) is 15.9. The Hall–Kier alpha value is -1.97. The summed E-state index contributed by atoms with van der Waals surface area (Å²) < 4.78 is 2.67. The second-order valence-corrected chi connectivity index (χ2v) is 8.99. The third kappa shape index (κ3) is 2.90. The van der Waals surface area contributed by atoms with Gasteiger partial charge in [-0.05, 0) is 32.9 Å². The Morgan fingerprint density at radius 1 is 0.708 bits per heavy atom. The molecule has 1 aromatic rings. The quantitative estimate of drug-likeness (QED) is 0.606. The number of aromatic nitrogens is 1. The molecule has 5 heterocycles. The van der Waals surface area contributed by atoms with E-state index in [0.717, 1.165) is 73.5 Å². The Morgan fingerprint density at radius 3 is 2.12 bits per heavy atom. The molecule has 5 rings (SSSR count). The van der Waals surface area contributed by atoms with Crippen molar-refractivity contribution in [1.82, 2.24) is 10.3 Å². The van der Waals surface area contributed by atoms with Crippen LogP contribution in [0.4, 0.5) is 5.82 Å². The number of fused-ring (bicyclic) bond motifs is 6. The first-order valence-electron chi connectivity index (χ1n) is 8.15. The highest BCUT2D eigenvalue weighted by molar-refractivity contribution is 14.2. The third-order valence-corrected chi connectivity index (χ3v) is 6.81. The van der Waals surface area contributed by atoms with Crippen LogP contribution in [0, 0.1) is 3.70 Å². The zero-order valence-corrected chi connectivity index (χ0v) is 15.2. The van der Waals surface area contributed by atoms with Crippen molar-refractivity contribution < 1.29 is 0 Å². The molecule has 4 aliphatic heterocycles. The predicted molar refractivity (Wildman–Crippen MR) is 106 cm³/mol. The summed E-state index contributed by atoms with van der Waals surface area (Å²) in [5.41, 5.74) is 0. The van der Waals surface area contributed by atoms with Crippen LogP contribution in [0.25, 0.3) is 0 Å². The fraction of sp³-hybridized carbons (Fsp3) is 0.375. The van der Waals surface area contributed by atoms with Gasteiger partial charge in [0.25, 0.3) is 0 Å². The van der Waals surface area contributed by atoms with Gasteiger partial charge in [0, 0.05) is 38.5 Å². The summed E-state index contributed by atoms with van der Waals surface area (Å²) in [5, 5.41) is 3.50. The van der Waals surface area contributed by atoms with Crippen molar-refractivity contribution in [3.05, 3.63) is 15.8 Å². The van der Waals surface area contributed by atoms with E-state index in [1.165, 1.54) is 7.33 Å². The van der Waals surface area contributed by atoms with E-state index in [9.17, 15) is 0 Å². The predicted octanol–water partition coefficient (Wildman–Crippen LogP) is 2.89. The lowest BCUT2D eigenvalue weighted by Crippen LogP contribution is -2.19. The summed E-state index contributed by atoms with van der Waals surface area (Å²) in [6.45, 7) is 0. The van der Waals surface area contributed by atoms with Crippen molar-refractivity contribution in [2.45, 2.75) is 38.5 Å². The highest BCUT2D eigenvalue weighted by Crippen LogP contribution is 2.23. The Kier molecular flexibility index (Phi) is 3.50. The normalized spacial score (nSPS) is 24.7. The molecule has 0 spiro atoms. The molecule has 0 amide bonds. The Labute approximate surface area is 149 Å². The molecule has 1 saturated heterocycles. The van der Waals surface area contributed by atoms with Crippen LogP contribution in [0.1, 0.15) is 38.5 Å². The Bertz CT molecular complexity index is 897. The molecule has 0 radical (unpaired) electrons. The van der Waals surface area contributed by atoms with E-state index in [1.54, 1.807) is 0 Å². The minimum absolute atomic E-state index is 0.221. The molecule has 0 saturated carbocycles. The van der Waals surface area contributed by atoms with Gasteiger partial charge >= 0.3 is 0 Å². The summed E-state index contributed by atoms with van der Waals surface area (Å²) in [5.74, 6) is 5.35. The van der Waals surface area contributed by atoms with Crippen LogP contribution < -0.4 is 5.32 Å². The Morgan fingerprint density at radius 2 is 1.38 bits per heavy atom. The van der Waals surface area contributed by atoms with E-state index < -0.39 is 0 Å². The van der Waals surface area contributed by atoms with Crippen molar-refractivity contribution in [1.29, 1.82) is 0 Å². The summed E-state index contributed by atoms with van der Waals surface area (Å²) in [6, 6.07) is 4.18. The van der Waals surface area contributed by atoms with E-state index in [4.69, 9.17) is 4.99 Å². The van der Waals surface area contributed by atoms with Crippen molar-refractivity contribution in [3.63, 3.8) is 0 Å². The van der Waals surface area contributed by atoms with Gasteiger partial charge in [-0.15, -0.1) is 0 Å². The number of nitrogens with zero attached hydrogens (tertiary/aromatic N) is 5. The van der Waals surface area contributed by atoms with E-state index in [0.29, 0.717) is 0 Å². The van der Waals surface area contributed by atoms with Gasteiger partial charge in [0.05, 0.1) is 7.33 Å². The van der Waals surface area contributed by atoms with E-state index >= 15 is 0 Å². The summed E-state index contributed by atoms with van der Waals surface area (Å²) in [4.78, 5) is 26.5. The van der Waals surface area contributed by atoms with Crippen molar-refractivity contribution in [2.75, 3.05) is 0 Å². The highest BCUT2D eigenvalue weighted by Gasteiger charge is 2.20. The maximum absolute atomic E-state index is 4.70. The number of aliphatic imine (C=N–C) groups is 5. The first-order chi connectivity index (χ1) is 11.8. The van der Waals surface area contributed by atoms with Gasteiger partial charge in [-0.2, -0.15) is 0 Å².